The van der Waals surface area contributed by atoms with Gasteiger partial charge in [-0.3, -0.25) is 4.99 Å². The molecule has 0 aromatic rings. The zero-order valence-corrected chi connectivity index (χ0v) is 9.87. The average Bonchev–Trinajstić information content (AvgIpc) is 2.20. The van der Waals surface area contributed by atoms with Gasteiger partial charge in [0.25, 0.3) is 0 Å². The van der Waals surface area contributed by atoms with Gasteiger partial charge in [0.2, 0.25) is 0 Å². The van der Waals surface area contributed by atoms with E-state index in [2.05, 4.69) is 4.99 Å². The predicted octanol–water partition coefficient (Wildman–Crippen LogP) is 1.35. The van der Waals surface area contributed by atoms with E-state index in [0.717, 1.165) is 19.0 Å². The summed E-state index contributed by atoms with van der Waals surface area (Å²) in [5.41, 5.74) is 0. The van der Waals surface area contributed by atoms with Gasteiger partial charge in [-0.15, -0.1) is 0 Å². The second kappa shape index (κ2) is 7.20. The first-order valence-corrected chi connectivity index (χ1v) is 6.27. The molecule has 0 aliphatic rings. The fourth-order valence-electron chi connectivity index (χ4n) is 1.07. The van der Waals surface area contributed by atoms with Crippen molar-refractivity contribution in [1.82, 2.24) is 0 Å². The van der Waals surface area contributed by atoms with Gasteiger partial charge >= 0.3 is 8.80 Å². The van der Waals surface area contributed by atoms with Crippen molar-refractivity contribution in [3.8, 4) is 0 Å². The van der Waals surface area contributed by atoms with Crippen LogP contribution < -0.4 is 0 Å². The van der Waals surface area contributed by atoms with Crippen molar-refractivity contribution in [2.45, 2.75) is 19.4 Å². The lowest BCUT2D eigenvalue weighted by Gasteiger charge is -2.23. The molecule has 0 N–H and O–H groups in total. The van der Waals surface area contributed by atoms with Gasteiger partial charge in [0, 0.05) is 33.9 Å². The van der Waals surface area contributed by atoms with Crippen molar-refractivity contribution in [2.75, 3.05) is 27.9 Å². The van der Waals surface area contributed by atoms with Gasteiger partial charge in [0.05, 0.1) is 0 Å². The number of nitrogens with zero attached hydrogens (tertiary/aromatic N) is 1. The highest BCUT2D eigenvalue weighted by Crippen LogP contribution is 2.14. The molecule has 0 unspecified atom stereocenters. The Hall–Kier alpha value is -0.233. The highest BCUT2D eigenvalue weighted by atomic mass is 28.4. The molecule has 78 valence electrons. The minimum Gasteiger partial charge on any atom is -0.377 e. The Balaban J connectivity index is 3.81. The van der Waals surface area contributed by atoms with Crippen molar-refractivity contribution in [1.29, 1.82) is 0 Å². The van der Waals surface area contributed by atoms with Crippen LogP contribution in [-0.2, 0) is 13.3 Å². The maximum Gasteiger partial charge on any atom is 0.500 e. The van der Waals surface area contributed by atoms with E-state index in [9.17, 15) is 0 Å². The highest BCUT2D eigenvalue weighted by Gasteiger charge is 2.36. The van der Waals surface area contributed by atoms with Gasteiger partial charge in [0.15, 0.2) is 0 Å². The van der Waals surface area contributed by atoms with Crippen LogP contribution in [0.3, 0.4) is 0 Å². The molecule has 0 fully saturated rings. The molecule has 0 rings (SSSR count). The first-order chi connectivity index (χ1) is 6.24. The molecule has 0 aromatic heterocycles. The molecule has 0 radical (unpaired) electrons. The molecule has 0 heterocycles. The topological polar surface area (TPSA) is 40.0 Å². The predicted molar refractivity (Wildman–Crippen MR) is 55.2 cm³/mol. The largest absolute Gasteiger partial charge is 0.500 e. The summed E-state index contributed by atoms with van der Waals surface area (Å²) in [6, 6.07) is 0.813. The van der Waals surface area contributed by atoms with Crippen LogP contribution in [0.1, 0.15) is 13.3 Å². The van der Waals surface area contributed by atoms with Gasteiger partial charge in [-0.05, 0) is 19.6 Å². The van der Waals surface area contributed by atoms with Gasteiger partial charge in [-0.2, -0.15) is 0 Å². The van der Waals surface area contributed by atoms with Crippen LogP contribution in [0.4, 0.5) is 0 Å². The number of hydrogen-bond acceptors (Lipinski definition) is 4. The summed E-state index contributed by atoms with van der Waals surface area (Å²) in [6.45, 7) is 2.72. The summed E-state index contributed by atoms with van der Waals surface area (Å²) in [4.78, 5) is 4.11. The minimum absolute atomic E-state index is 0.807. The van der Waals surface area contributed by atoms with Crippen LogP contribution in [-0.4, -0.2) is 42.9 Å². The standard InChI is InChI=1S/C8H19NO3Si/c1-5-9-7-6-8-13(10-2,11-3)12-4/h5H,6-8H2,1-4H3. The highest BCUT2D eigenvalue weighted by molar-refractivity contribution is 6.60. The van der Waals surface area contributed by atoms with E-state index in [0.29, 0.717) is 0 Å². The maximum absolute atomic E-state index is 5.26. The van der Waals surface area contributed by atoms with Crippen LogP contribution in [0.5, 0.6) is 0 Å². The van der Waals surface area contributed by atoms with Crippen molar-refractivity contribution < 1.29 is 13.3 Å². The van der Waals surface area contributed by atoms with Gasteiger partial charge in [0.1, 0.15) is 0 Å². The molecule has 0 aliphatic carbocycles. The summed E-state index contributed by atoms with van der Waals surface area (Å²) in [7, 11) is 2.54. The lowest BCUT2D eigenvalue weighted by Crippen LogP contribution is -2.42. The van der Waals surface area contributed by atoms with Gasteiger partial charge in [-0.1, -0.05) is 0 Å². The summed E-state index contributed by atoms with van der Waals surface area (Å²) in [5, 5.41) is 0. The summed E-state index contributed by atoms with van der Waals surface area (Å²) in [6.07, 6.45) is 2.74. The molecule has 0 saturated heterocycles. The molecule has 0 bridgehead atoms. The van der Waals surface area contributed by atoms with Crippen LogP contribution in [0.15, 0.2) is 4.99 Å². The molecule has 4 nitrogen and oxygen atoms in total. The first kappa shape index (κ1) is 12.8. The second-order valence-corrected chi connectivity index (χ2v) is 5.65. The number of hydrogen-bond donors (Lipinski definition) is 0. The Morgan fingerprint density at radius 2 is 1.69 bits per heavy atom. The lowest BCUT2D eigenvalue weighted by atomic mass is 10.5. The Kier molecular flexibility index (Phi) is 7.07. The first-order valence-electron chi connectivity index (χ1n) is 4.34. The van der Waals surface area contributed by atoms with Crippen LogP contribution in [0, 0.1) is 0 Å². The Bertz CT molecular complexity index is 140. The molecular weight excluding hydrogens is 186 g/mol. The molecule has 0 spiro atoms. The van der Waals surface area contributed by atoms with Gasteiger partial charge in [-0.25, -0.2) is 0 Å². The van der Waals surface area contributed by atoms with E-state index in [1.807, 2.05) is 6.92 Å². The van der Waals surface area contributed by atoms with Gasteiger partial charge < -0.3 is 13.3 Å². The summed E-state index contributed by atoms with van der Waals surface area (Å²) >= 11 is 0. The van der Waals surface area contributed by atoms with Crippen molar-refractivity contribution in [2.24, 2.45) is 4.99 Å². The molecule has 0 atom stereocenters. The monoisotopic (exact) mass is 205 g/mol. The number of aliphatic imine (C=N–C) groups is 1. The molecule has 0 aliphatic heterocycles. The van der Waals surface area contributed by atoms with E-state index < -0.39 is 8.80 Å². The van der Waals surface area contributed by atoms with Crippen molar-refractivity contribution in [3.05, 3.63) is 0 Å². The fraction of sp³-hybridized carbons (Fsp3) is 0.875. The molecule has 0 amide bonds. The quantitative estimate of drug-likeness (QED) is 0.358. The van der Waals surface area contributed by atoms with E-state index in [1.165, 1.54) is 0 Å². The molecule has 5 heteroatoms. The summed E-state index contributed by atoms with van der Waals surface area (Å²) in [5.74, 6) is 0. The molecule has 0 saturated carbocycles. The molecule has 0 aromatic carbocycles. The maximum atomic E-state index is 5.26. The zero-order valence-electron chi connectivity index (χ0n) is 8.87. The minimum atomic E-state index is -2.34. The average molecular weight is 205 g/mol. The number of rotatable bonds is 7. The van der Waals surface area contributed by atoms with Crippen LogP contribution in [0.2, 0.25) is 6.04 Å². The third kappa shape index (κ3) is 4.52. The third-order valence-electron chi connectivity index (χ3n) is 1.89. The van der Waals surface area contributed by atoms with E-state index in [4.69, 9.17) is 13.3 Å². The van der Waals surface area contributed by atoms with E-state index >= 15 is 0 Å². The van der Waals surface area contributed by atoms with Crippen molar-refractivity contribution >= 4 is 15.0 Å². The third-order valence-corrected chi connectivity index (χ3v) is 4.72. The van der Waals surface area contributed by atoms with E-state index in [1.54, 1.807) is 27.5 Å². The van der Waals surface area contributed by atoms with Crippen molar-refractivity contribution in [3.63, 3.8) is 0 Å². The SMILES string of the molecule is CC=NCCC[Si](OC)(OC)OC. The van der Waals surface area contributed by atoms with Crippen LogP contribution >= 0.6 is 0 Å². The lowest BCUT2D eigenvalue weighted by molar-refractivity contribution is 0.123. The van der Waals surface area contributed by atoms with Crippen LogP contribution in [0.25, 0.3) is 0 Å². The second-order valence-electron chi connectivity index (χ2n) is 2.56. The normalized spacial score (nSPS) is 12.6. The zero-order chi connectivity index (χ0) is 10.2. The smallest absolute Gasteiger partial charge is 0.377 e. The molecule has 13 heavy (non-hydrogen) atoms. The Morgan fingerprint density at radius 3 is 2.08 bits per heavy atom. The Morgan fingerprint density at radius 1 is 1.15 bits per heavy atom. The Labute approximate surface area is 81.3 Å². The van der Waals surface area contributed by atoms with E-state index in [-0.39, 0.29) is 0 Å². The molecular formula is C8H19NO3Si. The summed E-state index contributed by atoms with van der Waals surface area (Å²) < 4.78 is 15.8. The fourth-order valence-corrected chi connectivity index (χ4v) is 2.78.